The van der Waals surface area contributed by atoms with Gasteiger partial charge < -0.3 is 11.1 Å². The van der Waals surface area contributed by atoms with Crippen molar-refractivity contribution in [3.05, 3.63) is 83.1 Å². The Labute approximate surface area is 187 Å². The van der Waals surface area contributed by atoms with Crippen LogP contribution in [0, 0.1) is 5.92 Å². The molecule has 3 heterocycles. The molecule has 8 nitrogen and oxygen atoms in total. The zero-order valence-electron chi connectivity index (χ0n) is 17.5. The predicted octanol–water partition coefficient (Wildman–Crippen LogP) is 3.17. The minimum Gasteiger partial charge on any atom is -0.330 e. The third kappa shape index (κ3) is 4.21. The Morgan fingerprint density at radius 3 is 2.61 bits per heavy atom. The number of aromatic nitrogens is 1. The Kier molecular flexibility index (Phi) is 5.70. The molecule has 0 saturated heterocycles. The zero-order chi connectivity index (χ0) is 23.8. The average Bonchev–Trinajstić information content (AvgIpc) is 3.11. The van der Waals surface area contributed by atoms with Crippen LogP contribution < -0.4 is 16.9 Å². The Morgan fingerprint density at radius 1 is 1.21 bits per heavy atom. The molecule has 1 aromatic carbocycles. The van der Waals surface area contributed by atoms with E-state index in [-0.39, 0.29) is 21.9 Å². The van der Waals surface area contributed by atoms with Crippen LogP contribution in [0.3, 0.4) is 0 Å². The lowest BCUT2D eigenvalue weighted by Gasteiger charge is -2.26. The number of anilines is 1. The van der Waals surface area contributed by atoms with Crippen molar-refractivity contribution in [1.29, 1.82) is 0 Å². The van der Waals surface area contributed by atoms with Crippen LogP contribution in [-0.2, 0) is 6.18 Å². The van der Waals surface area contributed by atoms with Gasteiger partial charge in [0, 0.05) is 24.2 Å². The molecule has 11 heteroatoms. The van der Waals surface area contributed by atoms with Gasteiger partial charge in [-0.25, -0.2) is 4.98 Å². The van der Waals surface area contributed by atoms with Crippen LogP contribution in [0.4, 0.5) is 19.0 Å². The van der Waals surface area contributed by atoms with E-state index in [1.165, 1.54) is 0 Å². The number of nitrogens with two attached hydrogens (primary N) is 2. The molecule has 1 amide bonds. The summed E-state index contributed by atoms with van der Waals surface area (Å²) in [5.41, 5.74) is 7.28. The minimum atomic E-state index is -4.53. The van der Waals surface area contributed by atoms with E-state index in [2.05, 4.69) is 15.3 Å². The number of nitrogens with zero attached hydrogens (tertiary/aromatic N) is 4. The topological polar surface area (TPSA) is 119 Å². The van der Waals surface area contributed by atoms with E-state index in [0.717, 1.165) is 24.0 Å². The van der Waals surface area contributed by atoms with Gasteiger partial charge in [0.2, 0.25) is 5.70 Å². The lowest BCUT2D eigenvalue weighted by Crippen LogP contribution is -2.53. The quantitative estimate of drug-likeness (QED) is 0.473. The first kappa shape index (κ1) is 22.5. The molecule has 0 aliphatic carbocycles. The molecular weight excluding hydrogens is 435 g/mol. The van der Waals surface area contributed by atoms with Crippen molar-refractivity contribution in [3.63, 3.8) is 0 Å². The zero-order valence-corrected chi connectivity index (χ0v) is 17.5. The summed E-state index contributed by atoms with van der Waals surface area (Å²) in [6, 6.07) is 8.04. The lowest BCUT2D eigenvalue weighted by molar-refractivity contribution is -0.750. The fraction of sp³-hybridized carbons (Fsp3) is 0.182. The van der Waals surface area contributed by atoms with Gasteiger partial charge in [0.05, 0.1) is 23.5 Å². The number of alkyl halides is 3. The second-order valence-corrected chi connectivity index (χ2v) is 7.66. The lowest BCUT2D eigenvalue weighted by atomic mass is 10.1. The van der Waals surface area contributed by atoms with Gasteiger partial charge in [-0.2, -0.15) is 24.0 Å². The normalized spacial score (nSPS) is 20.5. The molecule has 1 aromatic heterocycles. The molecule has 5 N–H and O–H groups in total. The van der Waals surface area contributed by atoms with Gasteiger partial charge in [0.1, 0.15) is 17.7 Å². The molecule has 4 rings (SSSR count). The molecule has 2 atom stereocenters. The van der Waals surface area contributed by atoms with Crippen molar-refractivity contribution < 1.29 is 22.6 Å². The van der Waals surface area contributed by atoms with Gasteiger partial charge in [0.25, 0.3) is 11.7 Å². The monoisotopic (exact) mass is 456 g/mol. The summed E-state index contributed by atoms with van der Waals surface area (Å²) in [4.78, 5) is 25.2. The highest BCUT2D eigenvalue weighted by Crippen LogP contribution is 2.34. The van der Waals surface area contributed by atoms with E-state index in [1.54, 1.807) is 42.9 Å². The summed E-state index contributed by atoms with van der Waals surface area (Å²) in [7, 11) is 0. The summed E-state index contributed by atoms with van der Waals surface area (Å²) in [6.45, 7) is 2.33. The van der Waals surface area contributed by atoms with Crippen LogP contribution in [-0.4, -0.2) is 34.1 Å². The molecule has 0 radical (unpaired) electrons. The van der Waals surface area contributed by atoms with Crippen molar-refractivity contribution >= 4 is 23.8 Å². The number of carbonyl (C=O) groups excluding carboxylic acids is 1. The van der Waals surface area contributed by atoms with Gasteiger partial charge in [0.15, 0.2) is 0 Å². The van der Waals surface area contributed by atoms with Gasteiger partial charge >= 0.3 is 6.18 Å². The van der Waals surface area contributed by atoms with Crippen LogP contribution >= 0.6 is 0 Å². The molecule has 2 aromatic rings. The van der Waals surface area contributed by atoms with E-state index in [9.17, 15) is 18.0 Å². The first-order valence-corrected chi connectivity index (χ1v) is 10.0. The average molecular weight is 456 g/mol. The van der Waals surface area contributed by atoms with Crippen LogP contribution in [0.1, 0.15) is 28.4 Å². The fourth-order valence-electron chi connectivity index (χ4n) is 3.51. The number of rotatable bonds is 5. The van der Waals surface area contributed by atoms with Crippen molar-refractivity contribution in [3.8, 4) is 0 Å². The second kappa shape index (κ2) is 8.35. The standard InChI is InChI=1S/C22H20F3N7O/c1-13(11-26)19-17-12-28-8-9-32(17,27)20(31-19)14-2-4-15(5-3-14)21(33)30-18-10-16(6-7-29-18)22(23,24)25/h2-10,12-13H,11,26-27H2,1H3/p+1. The SMILES string of the molecule is CC(CN)C1=C2C=NC=C[N+]2(N)C(c2ccc(C(=O)Nc3cc(C(F)(F)F)ccn3)cc2)=N1. The fourth-order valence-corrected chi connectivity index (χ4v) is 3.51. The number of halogens is 3. The maximum atomic E-state index is 12.9. The number of quaternary nitrogens is 1. The number of nitrogens with one attached hydrogen (secondary N) is 1. The third-order valence-electron chi connectivity index (χ3n) is 5.38. The molecule has 2 unspecified atom stereocenters. The molecule has 170 valence electrons. The van der Waals surface area contributed by atoms with Gasteiger partial charge in [-0.15, -0.1) is 4.59 Å². The number of amidine groups is 1. The van der Waals surface area contributed by atoms with Gasteiger partial charge in [-0.3, -0.25) is 9.79 Å². The van der Waals surface area contributed by atoms with Crippen molar-refractivity contribution in [2.24, 2.45) is 27.5 Å². The summed E-state index contributed by atoms with van der Waals surface area (Å²) in [6.07, 6.45) is 1.39. The Hall–Kier alpha value is -3.67. The van der Waals surface area contributed by atoms with Gasteiger partial charge in [-0.05, 0) is 36.4 Å². The largest absolute Gasteiger partial charge is 0.416 e. The van der Waals surface area contributed by atoms with Crippen molar-refractivity contribution in [2.45, 2.75) is 13.1 Å². The van der Waals surface area contributed by atoms with E-state index in [4.69, 9.17) is 16.6 Å². The smallest absolute Gasteiger partial charge is 0.330 e. The maximum Gasteiger partial charge on any atom is 0.416 e. The number of carbonyl (C=O) groups is 1. The van der Waals surface area contributed by atoms with Crippen LogP contribution in [0.15, 0.2) is 76.4 Å². The predicted molar refractivity (Wildman–Crippen MR) is 117 cm³/mol. The minimum absolute atomic E-state index is 0.0403. The number of fused-ring (bicyclic) bond motifs is 1. The first-order chi connectivity index (χ1) is 15.6. The summed E-state index contributed by atoms with van der Waals surface area (Å²) < 4.78 is 38.5. The number of pyridine rings is 1. The van der Waals surface area contributed by atoms with E-state index in [1.807, 2.05) is 6.92 Å². The number of aliphatic imine (C=N–C) groups is 2. The molecule has 0 bridgehead atoms. The summed E-state index contributed by atoms with van der Waals surface area (Å²) in [5.74, 6) is 6.33. The molecule has 0 fully saturated rings. The first-order valence-electron chi connectivity index (χ1n) is 10.0. The molecule has 2 aliphatic rings. The number of benzene rings is 1. The molecule has 2 aliphatic heterocycles. The van der Waals surface area contributed by atoms with E-state index in [0.29, 0.717) is 23.6 Å². The van der Waals surface area contributed by atoms with Crippen LogP contribution in [0.5, 0.6) is 0 Å². The van der Waals surface area contributed by atoms with Crippen molar-refractivity contribution in [1.82, 2.24) is 4.98 Å². The van der Waals surface area contributed by atoms with Crippen LogP contribution in [0.2, 0.25) is 0 Å². The van der Waals surface area contributed by atoms with Crippen molar-refractivity contribution in [2.75, 3.05) is 11.9 Å². The molecule has 33 heavy (non-hydrogen) atoms. The number of hydrogen-bond donors (Lipinski definition) is 3. The highest BCUT2D eigenvalue weighted by molar-refractivity contribution is 6.05. The molecule has 0 saturated carbocycles. The second-order valence-electron chi connectivity index (χ2n) is 7.66. The number of amides is 1. The highest BCUT2D eigenvalue weighted by atomic mass is 19.4. The van der Waals surface area contributed by atoms with Crippen LogP contribution in [0.25, 0.3) is 0 Å². The Morgan fingerprint density at radius 2 is 1.94 bits per heavy atom. The Balaban J connectivity index is 1.57. The third-order valence-corrected chi connectivity index (χ3v) is 5.38. The number of hydrogen-bond acceptors (Lipinski definition) is 6. The molecular formula is C22H21F3N7O+. The number of allylic oxidation sites excluding steroid dienone is 1. The van der Waals surface area contributed by atoms with E-state index >= 15 is 0 Å². The molecule has 0 spiro atoms. The maximum absolute atomic E-state index is 12.9. The highest BCUT2D eigenvalue weighted by Gasteiger charge is 2.44. The summed E-state index contributed by atoms with van der Waals surface area (Å²) >= 11 is 0. The Bertz CT molecular complexity index is 1220. The van der Waals surface area contributed by atoms with E-state index < -0.39 is 17.6 Å². The summed E-state index contributed by atoms with van der Waals surface area (Å²) in [5, 5.41) is 2.38. The van der Waals surface area contributed by atoms with Gasteiger partial charge in [-0.1, -0.05) is 6.92 Å².